The predicted molar refractivity (Wildman–Crippen MR) is 216 cm³/mol. The van der Waals surface area contributed by atoms with Crippen molar-refractivity contribution in [2.75, 3.05) is 0 Å². The van der Waals surface area contributed by atoms with Crippen LogP contribution in [0.25, 0.3) is 62.6 Å². The summed E-state index contributed by atoms with van der Waals surface area (Å²) in [5.41, 5.74) is 8.19. The summed E-state index contributed by atoms with van der Waals surface area (Å²) >= 11 is 5.96. The Hall–Kier alpha value is -5.66. The van der Waals surface area contributed by atoms with Gasteiger partial charge in [-0.25, -0.2) is 0 Å². The van der Waals surface area contributed by atoms with E-state index >= 15 is 0 Å². The Labute approximate surface area is 325 Å². The van der Waals surface area contributed by atoms with Crippen molar-refractivity contribution in [1.29, 1.82) is 0 Å². The normalized spacial score (nSPS) is 11.1. The number of carboxylic acids is 4. The summed E-state index contributed by atoms with van der Waals surface area (Å²) in [4.78, 5) is 51.8. The molecule has 4 heterocycles. The molecule has 4 aromatic heterocycles. The zero-order valence-corrected chi connectivity index (χ0v) is 31.5. The van der Waals surface area contributed by atoms with E-state index in [9.17, 15) is 39.6 Å². The number of hydrogen-bond donors (Lipinski definition) is 4. The van der Waals surface area contributed by atoms with Crippen LogP contribution in [0.5, 0.6) is 0 Å². The first kappa shape index (κ1) is 36.7. The standard InChI is InChI=1S/C42H30O8S4/c43-35(44)19-29-12-14-51-39(29)23-4-8-25(9-5-23)41-31(21-37(47)48)17-33(53-41)27-2-1-3-28(16-27)34-18-32(22-38(49)50)42(54-34)26-10-6-24(7-11-26)40-30(13-15-52-40)20-36(45)46/h1-18H,19-22H2,(H,43,44)(H,45,46)(H,47,48)(H,49,50). The van der Waals surface area contributed by atoms with Gasteiger partial charge in [0.2, 0.25) is 0 Å². The Balaban J connectivity index is 1.20. The van der Waals surface area contributed by atoms with Crippen LogP contribution in [0.1, 0.15) is 22.3 Å². The minimum Gasteiger partial charge on any atom is -0.481 e. The lowest BCUT2D eigenvalue weighted by atomic mass is 10.0. The lowest BCUT2D eigenvalue weighted by molar-refractivity contribution is -0.137. The number of benzene rings is 3. The van der Waals surface area contributed by atoms with Crippen LogP contribution in [0.3, 0.4) is 0 Å². The summed E-state index contributed by atoms with van der Waals surface area (Å²) in [6, 6.07) is 30.9. The minimum absolute atomic E-state index is 0.0638. The molecule has 7 rings (SSSR count). The van der Waals surface area contributed by atoms with Crippen molar-refractivity contribution in [3.8, 4) is 62.6 Å². The Morgan fingerprint density at radius 1 is 0.389 bits per heavy atom. The maximum Gasteiger partial charge on any atom is 0.307 e. The highest BCUT2D eigenvalue weighted by Crippen LogP contribution is 2.44. The first-order valence-corrected chi connectivity index (χ1v) is 20.0. The molecule has 0 bridgehead atoms. The van der Waals surface area contributed by atoms with Crippen LogP contribution in [-0.2, 0) is 44.9 Å². The van der Waals surface area contributed by atoms with Gasteiger partial charge in [0.05, 0.1) is 25.7 Å². The molecule has 0 amide bonds. The molecule has 0 aliphatic rings. The topological polar surface area (TPSA) is 149 Å². The molecule has 0 aliphatic carbocycles. The average molecular weight is 791 g/mol. The van der Waals surface area contributed by atoms with Gasteiger partial charge in [-0.05, 0) is 96.7 Å². The molecule has 4 N–H and O–H groups in total. The Morgan fingerprint density at radius 2 is 0.722 bits per heavy atom. The first-order valence-electron chi connectivity index (χ1n) is 16.6. The molecule has 0 fully saturated rings. The average Bonchev–Trinajstić information content (AvgIpc) is 3.95. The van der Waals surface area contributed by atoms with E-state index in [1.54, 1.807) is 0 Å². The van der Waals surface area contributed by atoms with Crippen molar-refractivity contribution in [2.45, 2.75) is 25.7 Å². The molecule has 0 aliphatic heterocycles. The molecule has 54 heavy (non-hydrogen) atoms. The third-order valence-corrected chi connectivity index (χ3v) is 13.3. The van der Waals surface area contributed by atoms with Crippen molar-refractivity contribution < 1.29 is 39.6 Å². The molecule has 0 saturated heterocycles. The lowest BCUT2D eigenvalue weighted by Crippen LogP contribution is -2.00. The van der Waals surface area contributed by atoms with Crippen LogP contribution in [-0.4, -0.2) is 44.3 Å². The summed E-state index contributed by atoms with van der Waals surface area (Å²) in [7, 11) is 0. The fourth-order valence-electron chi connectivity index (χ4n) is 6.37. The van der Waals surface area contributed by atoms with Gasteiger partial charge in [-0.15, -0.1) is 45.3 Å². The summed E-state index contributed by atoms with van der Waals surface area (Å²) in [6.07, 6.45) is -0.433. The number of carbonyl (C=O) groups is 4. The molecule has 0 radical (unpaired) electrons. The van der Waals surface area contributed by atoms with Crippen molar-refractivity contribution in [1.82, 2.24) is 0 Å². The second-order valence-electron chi connectivity index (χ2n) is 12.5. The van der Waals surface area contributed by atoms with E-state index < -0.39 is 23.9 Å². The fourth-order valence-corrected chi connectivity index (χ4v) is 10.6. The molecular weight excluding hydrogens is 761 g/mol. The van der Waals surface area contributed by atoms with Crippen molar-refractivity contribution >= 4 is 69.2 Å². The third-order valence-electron chi connectivity index (χ3n) is 8.73. The van der Waals surface area contributed by atoms with Crippen molar-refractivity contribution in [2.24, 2.45) is 0 Å². The van der Waals surface area contributed by atoms with E-state index in [0.29, 0.717) is 11.1 Å². The van der Waals surface area contributed by atoms with Crippen LogP contribution < -0.4 is 0 Å². The highest BCUT2D eigenvalue weighted by Gasteiger charge is 2.19. The molecule has 0 saturated carbocycles. The van der Waals surface area contributed by atoms with E-state index in [1.807, 2.05) is 108 Å². The lowest BCUT2D eigenvalue weighted by Gasteiger charge is -2.06. The molecule has 0 spiro atoms. The van der Waals surface area contributed by atoms with E-state index in [2.05, 4.69) is 0 Å². The zero-order chi connectivity index (χ0) is 37.9. The van der Waals surface area contributed by atoms with Gasteiger partial charge in [-0.3, -0.25) is 19.2 Å². The van der Waals surface area contributed by atoms with Gasteiger partial charge in [0.25, 0.3) is 0 Å². The second-order valence-corrected chi connectivity index (χ2v) is 16.4. The van der Waals surface area contributed by atoms with E-state index in [1.165, 1.54) is 45.3 Å². The van der Waals surface area contributed by atoms with Crippen molar-refractivity contribution in [3.05, 3.63) is 130 Å². The molecular formula is C42H30O8S4. The number of carboxylic acid groups (broad SMARTS) is 4. The first-order chi connectivity index (χ1) is 26.0. The van der Waals surface area contributed by atoms with Crippen LogP contribution >= 0.6 is 45.3 Å². The monoisotopic (exact) mass is 790 g/mol. The SMILES string of the molecule is O=C(O)Cc1ccsc1-c1ccc(-c2sc(-c3cccc(-c4cc(CC(=O)O)c(-c5ccc(-c6sccc6CC(=O)O)cc5)s4)c3)cc2CC(=O)O)cc1. The highest BCUT2D eigenvalue weighted by molar-refractivity contribution is 7.19. The van der Waals surface area contributed by atoms with Gasteiger partial charge in [-0.1, -0.05) is 66.7 Å². The van der Waals surface area contributed by atoms with Gasteiger partial charge in [0, 0.05) is 29.3 Å². The largest absolute Gasteiger partial charge is 0.481 e. The smallest absolute Gasteiger partial charge is 0.307 e. The number of rotatable bonds is 14. The Morgan fingerprint density at radius 3 is 1.07 bits per heavy atom. The number of thiophene rings is 4. The predicted octanol–water partition coefficient (Wildman–Crippen LogP) is 10.4. The van der Waals surface area contributed by atoms with Gasteiger partial charge in [0.15, 0.2) is 0 Å². The summed E-state index contributed by atoms with van der Waals surface area (Å²) in [6.45, 7) is 0. The molecule has 7 aromatic rings. The van der Waals surface area contributed by atoms with Gasteiger partial charge in [0.1, 0.15) is 0 Å². The van der Waals surface area contributed by atoms with Crippen molar-refractivity contribution in [3.63, 3.8) is 0 Å². The summed E-state index contributed by atoms with van der Waals surface area (Å²) < 4.78 is 0. The Kier molecular flexibility index (Phi) is 10.7. The van der Waals surface area contributed by atoms with E-state index in [4.69, 9.17) is 0 Å². The zero-order valence-electron chi connectivity index (χ0n) is 28.3. The molecule has 8 nitrogen and oxygen atoms in total. The molecule has 12 heteroatoms. The maximum absolute atomic E-state index is 11.9. The summed E-state index contributed by atoms with van der Waals surface area (Å²) in [5.74, 6) is -3.67. The van der Waals surface area contributed by atoms with Gasteiger partial charge in [-0.2, -0.15) is 0 Å². The Bertz CT molecular complexity index is 2340. The van der Waals surface area contributed by atoms with E-state index in [-0.39, 0.29) is 25.7 Å². The molecule has 270 valence electrons. The van der Waals surface area contributed by atoms with E-state index in [0.717, 1.165) is 73.8 Å². The maximum atomic E-state index is 11.9. The van der Waals surface area contributed by atoms with Crippen LogP contribution in [0.2, 0.25) is 0 Å². The van der Waals surface area contributed by atoms with Gasteiger partial charge >= 0.3 is 23.9 Å². The quantitative estimate of drug-likeness (QED) is 0.0851. The van der Waals surface area contributed by atoms with Crippen LogP contribution in [0.15, 0.2) is 108 Å². The number of aliphatic carboxylic acids is 4. The number of hydrogen-bond acceptors (Lipinski definition) is 8. The molecule has 3 aromatic carbocycles. The van der Waals surface area contributed by atoms with Gasteiger partial charge < -0.3 is 20.4 Å². The minimum atomic E-state index is -0.941. The fraction of sp³-hybridized carbons (Fsp3) is 0.0952. The van der Waals surface area contributed by atoms with Crippen LogP contribution in [0, 0.1) is 0 Å². The molecule has 0 unspecified atom stereocenters. The third kappa shape index (κ3) is 8.12. The summed E-state index contributed by atoms with van der Waals surface area (Å²) in [5, 5.41) is 41.9. The highest BCUT2D eigenvalue weighted by atomic mass is 32.1. The molecule has 0 atom stereocenters. The van der Waals surface area contributed by atoms with Crippen LogP contribution in [0.4, 0.5) is 0 Å². The second kappa shape index (κ2) is 15.7.